The lowest BCUT2D eigenvalue weighted by Crippen LogP contribution is -2.35. The molecule has 0 unspecified atom stereocenters. The molecule has 1 aliphatic rings. The van der Waals surface area contributed by atoms with Gasteiger partial charge in [-0.25, -0.2) is 8.42 Å². The van der Waals surface area contributed by atoms with Crippen molar-refractivity contribution in [3.8, 4) is 0 Å². The molecule has 1 aromatic carbocycles. The standard InChI is InChI=1S/C14H20BrNO2S/c1-11(12-4-3-5-13(15)8-12)9-16(2)14-6-7-19(17,18)10-14/h3-5,8,11,14H,6-7,9-10H2,1-2H3/t11-,14+/m1/s1. The van der Waals surface area contributed by atoms with Crippen LogP contribution in [0.15, 0.2) is 28.7 Å². The molecule has 1 fully saturated rings. The topological polar surface area (TPSA) is 37.4 Å². The van der Waals surface area contributed by atoms with E-state index in [9.17, 15) is 8.42 Å². The molecule has 0 saturated carbocycles. The van der Waals surface area contributed by atoms with E-state index in [0.717, 1.165) is 17.4 Å². The molecule has 0 amide bonds. The van der Waals surface area contributed by atoms with Gasteiger partial charge >= 0.3 is 0 Å². The van der Waals surface area contributed by atoms with Crippen LogP contribution >= 0.6 is 15.9 Å². The lowest BCUT2D eigenvalue weighted by Gasteiger charge is -2.26. The third-order valence-corrected chi connectivity index (χ3v) is 6.05. The zero-order valence-corrected chi connectivity index (χ0v) is 13.7. The summed E-state index contributed by atoms with van der Waals surface area (Å²) in [5.41, 5.74) is 1.28. The summed E-state index contributed by atoms with van der Waals surface area (Å²) in [5, 5.41) is 0. The molecule has 1 saturated heterocycles. The number of likely N-dealkylation sites (N-methyl/N-ethyl adjacent to an activating group) is 1. The van der Waals surface area contributed by atoms with E-state index in [-0.39, 0.29) is 6.04 Å². The number of sulfone groups is 1. The second-order valence-corrected chi connectivity index (χ2v) is 8.60. The molecule has 1 aliphatic heterocycles. The fraction of sp³-hybridized carbons (Fsp3) is 0.571. The molecule has 2 rings (SSSR count). The van der Waals surface area contributed by atoms with Crippen molar-refractivity contribution < 1.29 is 8.42 Å². The first kappa shape index (κ1) is 15.0. The molecule has 106 valence electrons. The fourth-order valence-corrected chi connectivity index (χ4v) is 4.84. The Kier molecular flexibility index (Phi) is 4.69. The second-order valence-electron chi connectivity index (χ2n) is 5.45. The lowest BCUT2D eigenvalue weighted by molar-refractivity contribution is 0.250. The zero-order valence-electron chi connectivity index (χ0n) is 11.3. The highest BCUT2D eigenvalue weighted by atomic mass is 79.9. The Bertz CT molecular complexity index is 544. The Hall–Kier alpha value is -0.390. The maximum absolute atomic E-state index is 11.5. The smallest absolute Gasteiger partial charge is 0.151 e. The van der Waals surface area contributed by atoms with Crippen LogP contribution in [0.5, 0.6) is 0 Å². The Labute approximate surface area is 124 Å². The molecule has 0 N–H and O–H groups in total. The molecule has 0 bridgehead atoms. The van der Waals surface area contributed by atoms with Gasteiger partial charge in [0, 0.05) is 17.1 Å². The number of hydrogen-bond acceptors (Lipinski definition) is 3. The average Bonchev–Trinajstić information content (AvgIpc) is 2.69. The highest BCUT2D eigenvalue weighted by Gasteiger charge is 2.31. The van der Waals surface area contributed by atoms with Crippen LogP contribution in [0.4, 0.5) is 0 Å². The van der Waals surface area contributed by atoms with E-state index in [1.165, 1.54) is 5.56 Å². The fourth-order valence-electron chi connectivity index (χ4n) is 2.62. The second kappa shape index (κ2) is 5.94. The molecule has 2 atom stereocenters. The lowest BCUT2D eigenvalue weighted by atomic mass is 10.0. The molecule has 19 heavy (non-hydrogen) atoms. The Balaban J connectivity index is 1.97. The SMILES string of the molecule is C[C@H](CN(C)[C@H]1CCS(=O)(=O)C1)c1cccc(Br)c1. The van der Waals surface area contributed by atoms with Crippen molar-refractivity contribution in [2.75, 3.05) is 25.1 Å². The largest absolute Gasteiger partial charge is 0.302 e. The Morgan fingerprint density at radius 2 is 2.21 bits per heavy atom. The molecular weight excluding hydrogens is 326 g/mol. The monoisotopic (exact) mass is 345 g/mol. The molecule has 3 nitrogen and oxygen atoms in total. The zero-order chi connectivity index (χ0) is 14.0. The maximum atomic E-state index is 11.5. The van der Waals surface area contributed by atoms with E-state index in [1.807, 2.05) is 19.2 Å². The summed E-state index contributed by atoms with van der Waals surface area (Å²) in [7, 11) is -0.769. The van der Waals surface area contributed by atoms with E-state index in [0.29, 0.717) is 17.4 Å². The minimum absolute atomic E-state index is 0.180. The number of hydrogen-bond donors (Lipinski definition) is 0. The van der Waals surface area contributed by atoms with E-state index < -0.39 is 9.84 Å². The van der Waals surface area contributed by atoms with Crippen LogP contribution in [-0.2, 0) is 9.84 Å². The van der Waals surface area contributed by atoms with Crippen LogP contribution in [0.2, 0.25) is 0 Å². The van der Waals surface area contributed by atoms with Gasteiger partial charge in [0.05, 0.1) is 11.5 Å². The van der Waals surface area contributed by atoms with Crippen LogP contribution < -0.4 is 0 Å². The number of benzene rings is 1. The van der Waals surface area contributed by atoms with E-state index in [4.69, 9.17) is 0 Å². The van der Waals surface area contributed by atoms with Gasteiger partial charge in [0.1, 0.15) is 0 Å². The van der Waals surface area contributed by atoms with Gasteiger partial charge in [-0.3, -0.25) is 0 Å². The van der Waals surface area contributed by atoms with Gasteiger partial charge in [0.2, 0.25) is 0 Å². The Morgan fingerprint density at radius 1 is 1.47 bits per heavy atom. The molecule has 0 aromatic heterocycles. The quantitative estimate of drug-likeness (QED) is 0.841. The summed E-state index contributed by atoms with van der Waals surface area (Å²) in [5.74, 6) is 1.05. The molecule has 0 spiro atoms. The molecule has 1 heterocycles. The van der Waals surface area contributed by atoms with Crippen LogP contribution in [0.25, 0.3) is 0 Å². The molecule has 1 aromatic rings. The van der Waals surface area contributed by atoms with Gasteiger partial charge in [-0.05, 0) is 37.1 Å². The van der Waals surface area contributed by atoms with Gasteiger partial charge in [0.15, 0.2) is 9.84 Å². The maximum Gasteiger partial charge on any atom is 0.151 e. The van der Waals surface area contributed by atoms with Crippen molar-refractivity contribution in [1.82, 2.24) is 4.90 Å². The summed E-state index contributed by atoms with van der Waals surface area (Å²) >= 11 is 3.48. The predicted molar refractivity (Wildman–Crippen MR) is 82.2 cm³/mol. The third kappa shape index (κ3) is 4.04. The van der Waals surface area contributed by atoms with Gasteiger partial charge in [-0.15, -0.1) is 0 Å². The third-order valence-electron chi connectivity index (χ3n) is 3.81. The first-order valence-electron chi connectivity index (χ1n) is 6.53. The summed E-state index contributed by atoms with van der Waals surface area (Å²) in [4.78, 5) is 2.19. The van der Waals surface area contributed by atoms with Crippen LogP contribution in [0.3, 0.4) is 0 Å². The van der Waals surface area contributed by atoms with Gasteiger partial charge in [0.25, 0.3) is 0 Å². The van der Waals surface area contributed by atoms with Crippen LogP contribution in [-0.4, -0.2) is 44.5 Å². The van der Waals surface area contributed by atoms with Crippen molar-refractivity contribution in [3.05, 3.63) is 34.3 Å². The van der Waals surface area contributed by atoms with Crippen molar-refractivity contribution in [3.63, 3.8) is 0 Å². The molecule has 5 heteroatoms. The van der Waals surface area contributed by atoms with Gasteiger partial charge < -0.3 is 4.90 Å². The number of halogens is 1. The summed E-state index contributed by atoms with van der Waals surface area (Å²) in [6.45, 7) is 3.07. The first-order chi connectivity index (χ1) is 8.87. The van der Waals surface area contributed by atoms with E-state index in [1.54, 1.807) is 0 Å². The molecule has 0 aliphatic carbocycles. The number of nitrogens with zero attached hydrogens (tertiary/aromatic N) is 1. The summed E-state index contributed by atoms with van der Waals surface area (Å²) in [6.07, 6.45) is 0.768. The Morgan fingerprint density at radius 3 is 2.79 bits per heavy atom. The molecular formula is C14H20BrNO2S. The minimum atomic E-state index is -2.80. The van der Waals surface area contributed by atoms with Crippen molar-refractivity contribution >= 4 is 25.8 Å². The number of rotatable bonds is 4. The van der Waals surface area contributed by atoms with E-state index in [2.05, 4.69) is 39.9 Å². The normalized spacial score (nSPS) is 23.7. The molecule has 0 radical (unpaired) electrons. The minimum Gasteiger partial charge on any atom is -0.302 e. The van der Waals surface area contributed by atoms with Gasteiger partial charge in [-0.2, -0.15) is 0 Å². The average molecular weight is 346 g/mol. The first-order valence-corrected chi connectivity index (χ1v) is 9.15. The highest BCUT2D eigenvalue weighted by Crippen LogP contribution is 2.23. The summed E-state index contributed by atoms with van der Waals surface area (Å²) < 4.78 is 24.1. The van der Waals surface area contributed by atoms with E-state index >= 15 is 0 Å². The van der Waals surface area contributed by atoms with Crippen LogP contribution in [0, 0.1) is 0 Å². The highest BCUT2D eigenvalue weighted by molar-refractivity contribution is 9.10. The van der Waals surface area contributed by atoms with Crippen molar-refractivity contribution in [1.29, 1.82) is 0 Å². The summed E-state index contributed by atoms with van der Waals surface area (Å²) in [6, 6.07) is 8.48. The van der Waals surface area contributed by atoms with Crippen LogP contribution in [0.1, 0.15) is 24.8 Å². The van der Waals surface area contributed by atoms with Gasteiger partial charge in [-0.1, -0.05) is 35.0 Å². The van der Waals surface area contributed by atoms with Crippen molar-refractivity contribution in [2.45, 2.75) is 25.3 Å². The predicted octanol–water partition coefficient (Wildman–Crippen LogP) is 2.67. The van der Waals surface area contributed by atoms with Crippen molar-refractivity contribution in [2.24, 2.45) is 0 Å².